The Balaban J connectivity index is 1.59. The van der Waals surface area contributed by atoms with Crippen LogP contribution in [0.3, 0.4) is 0 Å². The summed E-state index contributed by atoms with van der Waals surface area (Å²) in [5, 5.41) is 3.85. The normalized spacial score (nSPS) is 21.2. The number of allylic oxidation sites excluding steroid dienone is 5. The molecule has 0 spiro atoms. The van der Waals surface area contributed by atoms with Gasteiger partial charge in [-0.25, -0.2) is 9.97 Å². The Morgan fingerprint density at radius 1 is 1.21 bits per heavy atom. The fourth-order valence-electron chi connectivity index (χ4n) is 4.62. The lowest BCUT2D eigenvalue weighted by molar-refractivity contribution is 0.357. The minimum absolute atomic E-state index is 0.0718. The second-order valence-corrected chi connectivity index (χ2v) is 8.31. The number of hydrogen-bond donors (Lipinski definition) is 1. The summed E-state index contributed by atoms with van der Waals surface area (Å²) in [6, 6.07) is 4.04. The topological polar surface area (TPSA) is 59.8 Å². The fraction of sp³-hybridized carbons (Fsp3) is 0.348. The van der Waals surface area contributed by atoms with Crippen molar-refractivity contribution >= 4 is 23.3 Å². The van der Waals surface area contributed by atoms with Crippen LogP contribution in [0.25, 0.3) is 11.6 Å². The van der Waals surface area contributed by atoms with Crippen molar-refractivity contribution in [3.63, 3.8) is 0 Å². The summed E-state index contributed by atoms with van der Waals surface area (Å²) >= 11 is 5.94. The molecule has 2 aromatic rings. The van der Waals surface area contributed by atoms with E-state index in [1.165, 1.54) is 5.57 Å². The number of piperidine rings is 1. The number of nitrogens with zero attached hydrogens (tertiary/aromatic N) is 3. The molecule has 3 heterocycles. The van der Waals surface area contributed by atoms with E-state index >= 15 is 0 Å². The predicted molar refractivity (Wildman–Crippen MR) is 116 cm³/mol. The molecular formula is C23H23ClN4O. The molecule has 0 saturated carbocycles. The molecule has 0 radical (unpaired) electrons. The number of nitrogens with one attached hydrogen (secondary N) is 1. The first-order valence-electron chi connectivity index (χ1n) is 10.2. The van der Waals surface area contributed by atoms with Gasteiger partial charge in [-0.3, -0.25) is 9.36 Å². The Labute approximate surface area is 174 Å². The second-order valence-electron chi connectivity index (χ2n) is 7.92. The molecule has 5 nitrogen and oxygen atoms in total. The van der Waals surface area contributed by atoms with Crippen molar-refractivity contribution in [2.24, 2.45) is 5.92 Å². The van der Waals surface area contributed by atoms with Crippen LogP contribution in [0.15, 0.2) is 53.3 Å². The summed E-state index contributed by atoms with van der Waals surface area (Å²) in [6.07, 6.45) is 15.6. The molecule has 1 saturated heterocycles. The van der Waals surface area contributed by atoms with Crippen molar-refractivity contribution < 1.29 is 0 Å². The van der Waals surface area contributed by atoms with Gasteiger partial charge in [-0.1, -0.05) is 41.5 Å². The van der Waals surface area contributed by atoms with Crippen molar-refractivity contribution in [2.45, 2.75) is 31.7 Å². The van der Waals surface area contributed by atoms with Crippen LogP contribution in [-0.4, -0.2) is 27.6 Å². The molecule has 1 atom stereocenters. The van der Waals surface area contributed by atoms with E-state index in [-0.39, 0.29) is 17.5 Å². The Morgan fingerprint density at radius 2 is 2.07 bits per heavy atom. The summed E-state index contributed by atoms with van der Waals surface area (Å²) < 4.78 is 1.84. The van der Waals surface area contributed by atoms with Crippen LogP contribution in [0.1, 0.15) is 42.1 Å². The van der Waals surface area contributed by atoms with Crippen molar-refractivity contribution in [3.05, 3.63) is 80.8 Å². The Hall–Kier alpha value is -2.50. The molecule has 0 bridgehead atoms. The van der Waals surface area contributed by atoms with E-state index in [0.29, 0.717) is 5.15 Å². The summed E-state index contributed by atoms with van der Waals surface area (Å²) in [5.74, 6) is 0.254. The van der Waals surface area contributed by atoms with E-state index in [1.807, 2.05) is 22.9 Å². The molecule has 5 rings (SSSR count). The maximum Gasteiger partial charge on any atom is 0.261 e. The lowest BCUT2D eigenvalue weighted by Crippen LogP contribution is -2.36. The van der Waals surface area contributed by atoms with Crippen LogP contribution < -0.4 is 10.9 Å². The molecule has 0 aromatic carbocycles. The third kappa shape index (κ3) is 3.49. The smallest absolute Gasteiger partial charge is 0.261 e. The second kappa shape index (κ2) is 7.73. The maximum atomic E-state index is 13.4. The third-order valence-electron chi connectivity index (χ3n) is 6.14. The highest BCUT2D eigenvalue weighted by atomic mass is 35.5. The van der Waals surface area contributed by atoms with Gasteiger partial charge in [0.25, 0.3) is 5.56 Å². The van der Waals surface area contributed by atoms with E-state index in [0.717, 1.165) is 61.2 Å². The van der Waals surface area contributed by atoms with Crippen LogP contribution in [-0.2, 0) is 6.42 Å². The van der Waals surface area contributed by atoms with Crippen LogP contribution in [0, 0.1) is 5.92 Å². The molecule has 148 valence electrons. The highest BCUT2D eigenvalue weighted by molar-refractivity contribution is 6.29. The van der Waals surface area contributed by atoms with Crippen LogP contribution in [0.4, 0.5) is 0 Å². The Bertz CT molecular complexity index is 1080. The van der Waals surface area contributed by atoms with Crippen LogP contribution >= 0.6 is 11.6 Å². The van der Waals surface area contributed by atoms with Gasteiger partial charge in [0.2, 0.25) is 0 Å². The molecule has 1 N–H and O–H groups in total. The van der Waals surface area contributed by atoms with Gasteiger partial charge in [-0.2, -0.15) is 0 Å². The van der Waals surface area contributed by atoms with Crippen molar-refractivity contribution in [2.75, 3.05) is 13.1 Å². The van der Waals surface area contributed by atoms with Crippen molar-refractivity contribution in [1.82, 2.24) is 19.9 Å². The lowest BCUT2D eigenvalue weighted by atomic mass is 9.76. The average molecular weight is 407 g/mol. The lowest BCUT2D eigenvalue weighted by Gasteiger charge is -2.31. The Kier molecular flexibility index (Phi) is 4.94. The van der Waals surface area contributed by atoms with Gasteiger partial charge in [0, 0.05) is 18.2 Å². The van der Waals surface area contributed by atoms with Gasteiger partial charge in [0.15, 0.2) is 0 Å². The zero-order valence-corrected chi connectivity index (χ0v) is 16.9. The van der Waals surface area contributed by atoms with Gasteiger partial charge in [-0.15, -0.1) is 0 Å². The Morgan fingerprint density at radius 3 is 2.86 bits per heavy atom. The number of halogens is 1. The highest BCUT2D eigenvalue weighted by Crippen LogP contribution is 2.41. The summed E-state index contributed by atoms with van der Waals surface area (Å²) in [5.41, 5.74) is 5.12. The van der Waals surface area contributed by atoms with E-state index in [9.17, 15) is 4.79 Å². The molecule has 1 fully saturated rings. The van der Waals surface area contributed by atoms with E-state index < -0.39 is 0 Å². The van der Waals surface area contributed by atoms with Gasteiger partial charge in [0.05, 0.1) is 17.6 Å². The van der Waals surface area contributed by atoms with Crippen molar-refractivity contribution in [3.8, 4) is 0 Å². The number of rotatable bonds is 3. The van der Waals surface area contributed by atoms with E-state index in [1.54, 1.807) is 6.33 Å². The molecule has 0 amide bonds. The SMILES string of the molecule is O=c1c2c(ncn1C1CCNCC1)C1=CC=CCC1C(Cc1ccc(Cl)nc1)=C2. The summed E-state index contributed by atoms with van der Waals surface area (Å²) in [4.78, 5) is 22.4. The molecular weight excluding hydrogens is 384 g/mol. The predicted octanol–water partition coefficient (Wildman–Crippen LogP) is 3.82. The van der Waals surface area contributed by atoms with Crippen molar-refractivity contribution in [1.29, 1.82) is 0 Å². The minimum atomic E-state index is 0.0718. The molecule has 2 aromatic heterocycles. The molecule has 6 heteroatoms. The molecule has 1 unspecified atom stereocenters. The molecule has 1 aliphatic heterocycles. The number of hydrogen-bond acceptors (Lipinski definition) is 4. The van der Waals surface area contributed by atoms with E-state index in [4.69, 9.17) is 16.6 Å². The first-order valence-corrected chi connectivity index (χ1v) is 10.6. The maximum absolute atomic E-state index is 13.4. The number of pyridine rings is 1. The molecule has 3 aliphatic rings. The fourth-order valence-corrected chi connectivity index (χ4v) is 4.73. The average Bonchev–Trinajstić information content (AvgIpc) is 2.77. The van der Waals surface area contributed by atoms with Crippen LogP contribution in [0.5, 0.6) is 0 Å². The molecule has 2 aliphatic carbocycles. The zero-order valence-electron chi connectivity index (χ0n) is 16.1. The van der Waals surface area contributed by atoms with E-state index in [2.05, 4.69) is 34.6 Å². The van der Waals surface area contributed by atoms with Gasteiger partial charge < -0.3 is 5.32 Å². The quantitative estimate of drug-likeness (QED) is 0.787. The first-order chi connectivity index (χ1) is 14.2. The van der Waals surface area contributed by atoms with Crippen LogP contribution in [0.2, 0.25) is 5.15 Å². The summed E-state index contributed by atoms with van der Waals surface area (Å²) in [7, 11) is 0. The monoisotopic (exact) mass is 406 g/mol. The van der Waals surface area contributed by atoms with Gasteiger partial charge >= 0.3 is 0 Å². The summed E-state index contributed by atoms with van der Waals surface area (Å²) in [6.45, 7) is 1.88. The highest BCUT2D eigenvalue weighted by Gasteiger charge is 2.30. The zero-order chi connectivity index (χ0) is 19.8. The van der Waals surface area contributed by atoms with Gasteiger partial charge in [-0.05, 0) is 62.1 Å². The largest absolute Gasteiger partial charge is 0.317 e. The third-order valence-corrected chi connectivity index (χ3v) is 6.36. The minimum Gasteiger partial charge on any atom is -0.317 e. The standard InChI is InChI=1S/C23H23ClN4O/c24-21-6-5-15(13-26-21)11-16-12-20-22(19-4-2-1-3-18(16)19)27-14-28(23(20)29)17-7-9-25-10-8-17/h1-2,4-6,12-14,17-18,25H,3,7-11H2. The number of aromatic nitrogens is 3. The van der Waals surface area contributed by atoms with Gasteiger partial charge in [0.1, 0.15) is 5.15 Å². The number of fused-ring (bicyclic) bond motifs is 3. The molecule has 29 heavy (non-hydrogen) atoms. The first kappa shape index (κ1) is 18.5.